The van der Waals surface area contributed by atoms with Crippen LogP contribution in [-0.4, -0.2) is 0 Å². The van der Waals surface area contributed by atoms with E-state index in [4.69, 9.17) is 33.7 Å². The van der Waals surface area contributed by atoms with Crippen LogP contribution in [0, 0.1) is 0 Å². The molecule has 88 valence electrons. The fraction of sp³-hybridized carbons (Fsp3) is 0.0769. The summed E-state index contributed by atoms with van der Waals surface area (Å²) in [5.74, 6) is 1.13. The smallest absolute Gasteiger partial charge is 0.150 e. The molecule has 0 aliphatic carbocycles. The molecule has 0 atom stereocenters. The van der Waals surface area contributed by atoms with E-state index in [1.54, 1.807) is 18.2 Å². The van der Waals surface area contributed by atoms with E-state index in [1.165, 1.54) is 0 Å². The first-order valence-electron chi connectivity index (χ1n) is 5.12. The lowest BCUT2D eigenvalue weighted by Gasteiger charge is -2.12. The van der Waals surface area contributed by atoms with Gasteiger partial charge in [-0.25, -0.2) is 0 Å². The third-order valence-electron chi connectivity index (χ3n) is 2.32. The highest BCUT2D eigenvalue weighted by atomic mass is 35.5. The highest BCUT2D eigenvalue weighted by molar-refractivity contribution is 6.33. The molecule has 2 aromatic rings. The van der Waals surface area contributed by atoms with Gasteiger partial charge in [0.1, 0.15) is 5.75 Å². The molecule has 2 N–H and O–H groups in total. The summed E-state index contributed by atoms with van der Waals surface area (Å²) in [7, 11) is 0. The van der Waals surface area contributed by atoms with Gasteiger partial charge in [-0.3, -0.25) is 0 Å². The molecule has 0 amide bonds. The van der Waals surface area contributed by atoms with Crippen LogP contribution in [0.4, 0.5) is 0 Å². The average molecular weight is 268 g/mol. The van der Waals surface area contributed by atoms with E-state index in [0.717, 1.165) is 5.56 Å². The number of ether oxygens (including phenoxy) is 1. The van der Waals surface area contributed by atoms with E-state index in [1.807, 2.05) is 24.3 Å². The van der Waals surface area contributed by atoms with Gasteiger partial charge in [0, 0.05) is 12.1 Å². The first-order valence-corrected chi connectivity index (χ1v) is 5.88. The quantitative estimate of drug-likeness (QED) is 0.903. The van der Waals surface area contributed by atoms with E-state index in [-0.39, 0.29) is 0 Å². The lowest BCUT2D eigenvalue weighted by molar-refractivity contribution is 0.477. The van der Waals surface area contributed by atoms with Gasteiger partial charge in [0.25, 0.3) is 0 Å². The minimum absolute atomic E-state index is 0.361. The van der Waals surface area contributed by atoms with E-state index >= 15 is 0 Å². The van der Waals surface area contributed by atoms with Crippen LogP contribution >= 0.6 is 23.2 Å². The van der Waals surface area contributed by atoms with Crippen LogP contribution in [0.25, 0.3) is 0 Å². The van der Waals surface area contributed by atoms with Crippen LogP contribution in [0.3, 0.4) is 0 Å². The minimum Gasteiger partial charge on any atom is -0.454 e. The monoisotopic (exact) mass is 267 g/mol. The zero-order chi connectivity index (χ0) is 12.3. The molecule has 0 saturated heterocycles. The van der Waals surface area contributed by atoms with Gasteiger partial charge in [0.15, 0.2) is 5.75 Å². The van der Waals surface area contributed by atoms with Crippen molar-refractivity contribution in [2.45, 2.75) is 6.54 Å². The first-order chi connectivity index (χ1) is 8.22. The number of halogens is 2. The molecule has 0 aromatic heterocycles. The Morgan fingerprint density at radius 3 is 2.35 bits per heavy atom. The maximum atomic E-state index is 6.09. The zero-order valence-electron chi connectivity index (χ0n) is 8.99. The summed E-state index contributed by atoms with van der Waals surface area (Å²) < 4.78 is 5.72. The van der Waals surface area contributed by atoms with E-state index < -0.39 is 0 Å². The topological polar surface area (TPSA) is 35.2 Å². The molecule has 2 rings (SSSR count). The molecule has 0 aliphatic heterocycles. The molecule has 0 heterocycles. The summed E-state index contributed by atoms with van der Waals surface area (Å²) >= 11 is 12.1. The third-order valence-corrected chi connectivity index (χ3v) is 2.93. The van der Waals surface area contributed by atoms with E-state index in [0.29, 0.717) is 28.1 Å². The van der Waals surface area contributed by atoms with Crippen molar-refractivity contribution in [3.8, 4) is 11.5 Å². The summed E-state index contributed by atoms with van der Waals surface area (Å²) in [6, 6.07) is 12.7. The number of benzene rings is 2. The predicted molar refractivity (Wildman–Crippen MR) is 70.9 cm³/mol. The largest absolute Gasteiger partial charge is 0.454 e. The minimum atomic E-state index is 0.361. The Kier molecular flexibility index (Phi) is 3.89. The first kappa shape index (κ1) is 12.2. The number of hydrogen-bond donors (Lipinski definition) is 1. The molecule has 2 nitrogen and oxygen atoms in total. The van der Waals surface area contributed by atoms with Gasteiger partial charge in [-0.2, -0.15) is 0 Å². The lowest BCUT2D eigenvalue weighted by Crippen LogP contribution is -1.99. The Morgan fingerprint density at radius 1 is 0.941 bits per heavy atom. The van der Waals surface area contributed by atoms with Gasteiger partial charge in [0.2, 0.25) is 0 Å². The van der Waals surface area contributed by atoms with Crippen LogP contribution in [-0.2, 0) is 6.54 Å². The van der Waals surface area contributed by atoms with Gasteiger partial charge in [-0.15, -0.1) is 0 Å². The normalized spacial score (nSPS) is 10.3. The van der Waals surface area contributed by atoms with Gasteiger partial charge < -0.3 is 10.5 Å². The van der Waals surface area contributed by atoms with Crippen LogP contribution < -0.4 is 10.5 Å². The number of rotatable bonds is 3. The number of nitrogens with two attached hydrogens (primary N) is 1. The second-order valence-corrected chi connectivity index (χ2v) is 4.28. The highest BCUT2D eigenvalue weighted by Crippen LogP contribution is 2.35. The zero-order valence-corrected chi connectivity index (χ0v) is 10.5. The van der Waals surface area contributed by atoms with Crippen LogP contribution in [0.1, 0.15) is 5.56 Å². The molecule has 0 fully saturated rings. The summed E-state index contributed by atoms with van der Waals surface area (Å²) in [5, 5.41) is 1.06. The van der Waals surface area contributed by atoms with Crippen LogP contribution in [0.2, 0.25) is 10.0 Å². The summed E-state index contributed by atoms with van der Waals surface area (Å²) in [6.45, 7) is 0.361. The SMILES string of the molecule is NCc1cccc(Cl)c1Oc1ccccc1Cl. The number of para-hydroxylation sites is 2. The standard InChI is InChI=1S/C13H11Cl2NO/c14-10-5-1-2-7-12(10)17-13-9(8-16)4-3-6-11(13)15/h1-7H,8,16H2. The average Bonchev–Trinajstić information content (AvgIpc) is 2.34. The van der Waals surface area contributed by atoms with Gasteiger partial charge in [-0.05, 0) is 18.2 Å². The van der Waals surface area contributed by atoms with E-state index in [9.17, 15) is 0 Å². The number of hydrogen-bond acceptors (Lipinski definition) is 2. The van der Waals surface area contributed by atoms with Gasteiger partial charge in [-0.1, -0.05) is 47.5 Å². The van der Waals surface area contributed by atoms with Crippen molar-refractivity contribution in [1.29, 1.82) is 0 Å². The highest BCUT2D eigenvalue weighted by Gasteiger charge is 2.10. The maximum Gasteiger partial charge on any atom is 0.150 e. The van der Waals surface area contributed by atoms with Gasteiger partial charge >= 0.3 is 0 Å². The Morgan fingerprint density at radius 2 is 1.65 bits per heavy atom. The van der Waals surface area contributed by atoms with Crippen molar-refractivity contribution in [2.24, 2.45) is 5.73 Å². The molecule has 17 heavy (non-hydrogen) atoms. The van der Waals surface area contributed by atoms with Crippen molar-refractivity contribution in [3.05, 3.63) is 58.1 Å². The Labute approximate surface area is 110 Å². The van der Waals surface area contributed by atoms with E-state index in [2.05, 4.69) is 0 Å². The molecule has 0 radical (unpaired) electrons. The Balaban J connectivity index is 2.39. The predicted octanol–water partition coefficient (Wildman–Crippen LogP) is 4.24. The summed E-state index contributed by atoms with van der Waals surface area (Å²) in [4.78, 5) is 0. The summed E-state index contributed by atoms with van der Waals surface area (Å²) in [5.41, 5.74) is 6.48. The fourth-order valence-corrected chi connectivity index (χ4v) is 1.87. The molecule has 0 bridgehead atoms. The van der Waals surface area contributed by atoms with Crippen LogP contribution in [0.15, 0.2) is 42.5 Å². The second kappa shape index (κ2) is 5.41. The molecule has 0 aliphatic rings. The molecular formula is C13H11Cl2NO. The van der Waals surface area contributed by atoms with Crippen molar-refractivity contribution >= 4 is 23.2 Å². The van der Waals surface area contributed by atoms with Crippen molar-refractivity contribution in [2.75, 3.05) is 0 Å². The third kappa shape index (κ3) is 2.72. The molecule has 0 unspecified atom stereocenters. The fourth-order valence-electron chi connectivity index (χ4n) is 1.47. The van der Waals surface area contributed by atoms with Gasteiger partial charge in [0.05, 0.1) is 10.0 Å². The van der Waals surface area contributed by atoms with Crippen molar-refractivity contribution in [1.82, 2.24) is 0 Å². The molecular weight excluding hydrogens is 257 g/mol. The molecule has 0 saturated carbocycles. The second-order valence-electron chi connectivity index (χ2n) is 3.46. The Bertz CT molecular complexity index is 529. The molecule has 0 spiro atoms. The van der Waals surface area contributed by atoms with Crippen molar-refractivity contribution in [3.63, 3.8) is 0 Å². The molecule has 2 aromatic carbocycles. The lowest BCUT2D eigenvalue weighted by atomic mass is 10.2. The molecule has 4 heteroatoms. The maximum absolute atomic E-state index is 6.09. The summed E-state index contributed by atoms with van der Waals surface area (Å²) in [6.07, 6.45) is 0. The van der Waals surface area contributed by atoms with Crippen LogP contribution in [0.5, 0.6) is 11.5 Å². The van der Waals surface area contributed by atoms with Crippen molar-refractivity contribution < 1.29 is 4.74 Å². The Hall–Kier alpha value is -1.22.